The molecular formula is C14H20BrN3O. The van der Waals surface area contributed by atoms with E-state index in [1.807, 2.05) is 37.1 Å². The average Bonchev–Trinajstić information content (AvgIpc) is 2.34. The third-order valence-electron chi connectivity index (χ3n) is 3.50. The van der Waals surface area contributed by atoms with Crippen LogP contribution in [0.1, 0.15) is 12.0 Å². The zero-order valence-corrected chi connectivity index (χ0v) is 13.0. The van der Waals surface area contributed by atoms with Gasteiger partial charge in [0.1, 0.15) is 0 Å². The molecule has 2 amide bonds. The minimum atomic E-state index is 0.0535. The third-order valence-corrected chi connectivity index (χ3v) is 4.13. The molecule has 0 aromatic heterocycles. The van der Waals surface area contributed by atoms with Crippen LogP contribution >= 0.6 is 15.9 Å². The Kier molecular flexibility index (Phi) is 4.47. The second-order valence-electron chi connectivity index (χ2n) is 5.17. The van der Waals surface area contributed by atoms with Gasteiger partial charge in [-0.25, -0.2) is 4.79 Å². The van der Waals surface area contributed by atoms with Gasteiger partial charge in [0, 0.05) is 24.6 Å². The van der Waals surface area contributed by atoms with Crippen LogP contribution < -0.4 is 10.6 Å². The molecule has 104 valence electrons. The smallest absolute Gasteiger partial charge is 0.324 e. The SMILES string of the molecule is Cc1ccc(N2CC(CCN)CN(C)C2=O)c(Br)c1. The quantitative estimate of drug-likeness (QED) is 0.928. The molecule has 1 aliphatic rings. The molecule has 0 bridgehead atoms. The zero-order chi connectivity index (χ0) is 14.0. The van der Waals surface area contributed by atoms with Crippen molar-refractivity contribution in [3.05, 3.63) is 28.2 Å². The standard InChI is InChI=1S/C14H20BrN3O/c1-10-3-4-13(12(15)7-10)18-9-11(5-6-16)8-17(2)14(18)19/h3-4,7,11H,5-6,8-9,16H2,1-2H3. The Morgan fingerprint density at radius 1 is 1.42 bits per heavy atom. The van der Waals surface area contributed by atoms with Crippen LogP contribution in [0.5, 0.6) is 0 Å². The molecule has 1 saturated heterocycles. The third kappa shape index (κ3) is 3.09. The number of hydrogen-bond acceptors (Lipinski definition) is 2. The van der Waals surface area contributed by atoms with Crippen LogP contribution in [0.2, 0.25) is 0 Å². The van der Waals surface area contributed by atoms with Crippen LogP contribution in [-0.2, 0) is 0 Å². The van der Waals surface area contributed by atoms with E-state index in [1.165, 1.54) is 5.56 Å². The largest absolute Gasteiger partial charge is 0.330 e. The summed E-state index contributed by atoms with van der Waals surface area (Å²) in [6, 6.07) is 6.11. The lowest BCUT2D eigenvalue weighted by atomic mass is 10.0. The van der Waals surface area contributed by atoms with Gasteiger partial charge in [0.2, 0.25) is 0 Å². The number of anilines is 1. The van der Waals surface area contributed by atoms with Gasteiger partial charge < -0.3 is 10.6 Å². The molecule has 2 N–H and O–H groups in total. The van der Waals surface area contributed by atoms with E-state index in [0.717, 1.165) is 29.7 Å². The van der Waals surface area contributed by atoms with E-state index in [4.69, 9.17) is 5.73 Å². The van der Waals surface area contributed by atoms with Gasteiger partial charge in [0.25, 0.3) is 0 Å². The summed E-state index contributed by atoms with van der Waals surface area (Å²) in [7, 11) is 1.85. The number of urea groups is 1. The second-order valence-corrected chi connectivity index (χ2v) is 6.03. The van der Waals surface area contributed by atoms with Crippen molar-refractivity contribution in [1.82, 2.24) is 4.90 Å². The second kappa shape index (κ2) is 5.92. The molecule has 5 heteroatoms. The van der Waals surface area contributed by atoms with Gasteiger partial charge in [-0.15, -0.1) is 0 Å². The van der Waals surface area contributed by atoms with Crippen molar-refractivity contribution in [2.45, 2.75) is 13.3 Å². The summed E-state index contributed by atoms with van der Waals surface area (Å²) in [6.07, 6.45) is 0.942. The van der Waals surface area contributed by atoms with Crippen LogP contribution in [0.3, 0.4) is 0 Å². The van der Waals surface area contributed by atoms with E-state index in [9.17, 15) is 4.79 Å². The van der Waals surface area contributed by atoms with Crippen LogP contribution in [0.4, 0.5) is 10.5 Å². The Hall–Kier alpha value is -1.07. The average molecular weight is 326 g/mol. The lowest BCUT2D eigenvalue weighted by Crippen LogP contribution is -2.52. The van der Waals surface area contributed by atoms with Gasteiger partial charge in [-0.2, -0.15) is 0 Å². The van der Waals surface area contributed by atoms with Crippen LogP contribution in [-0.4, -0.2) is 37.6 Å². The molecule has 4 nitrogen and oxygen atoms in total. The van der Waals surface area contributed by atoms with Crippen molar-refractivity contribution in [2.75, 3.05) is 31.6 Å². The predicted molar refractivity (Wildman–Crippen MR) is 81.4 cm³/mol. The predicted octanol–water partition coefficient (Wildman–Crippen LogP) is 2.59. The van der Waals surface area contributed by atoms with Crippen molar-refractivity contribution < 1.29 is 4.79 Å². The van der Waals surface area contributed by atoms with Crippen LogP contribution in [0, 0.1) is 12.8 Å². The highest BCUT2D eigenvalue weighted by Crippen LogP contribution is 2.30. The first-order valence-corrected chi connectivity index (χ1v) is 7.31. The van der Waals surface area contributed by atoms with E-state index in [1.54, 1.807) is 4.90 Å². The van der Waals surface area contributed by atoms with Crippen molar-refractivity contribution in [3.8, 4) is 0 Å². The first-order valence-electron chi connectivity index (χ1n) is 6.51. The summed E-state index contributed by atoms with van der Waals surface area (Å²) in [6.45, 7) is 4.23. The Bertz CT molecular complexity index is 478. The van der Waals surface area contributed by atoms with Gasteiger partial charge >= 0.3 is 6.03 Å². The number of amides is 2. The number of nitrogens with two attached hydrogens (primary N) is 1. The van der Waals surface area contributed by atoms with Crippen molar-refractivity contribution in [3.63, 3.8) is 0 Å². The fourth-order valence-corrected chi connectivity index (χ4v) is 3.22. The van der Waals surface area contributed by atoms with E-state index >= 15 is 0 Å². The molecule has 1 aliphatic heterocycles. The molecule has 1 unspecified atom stereocenters. The zero-order valence-electron chi connectivity index (χ0n) is 11.4. The number of rotatable bonds is 3. The molecule has 0 radical (unpaired) electrons. The lowest BCUT2D eigenvalue weighted by molar-refractivity contribution is 0.191. The molecule has 1 aromatic carbocycles. The normalized spacial score (nSPS) is 20.0. The Morgan fingerprint density at radius 2 is 2.16 bits per heavy atom. The van der Waals surface area contributed by atoms with Gasteiger partial charge in [-0.05, 0) is 59.4 Å². The summed E-state index contributed by atoms with van der Waals surface area (Å²) in [4.78, 5) is 15.9. The van der Waals surface area contributed by atoms with Gasteiger partial charge in [-0.1, -0.05) is 6.07 Å². The maximum absolute atomic E-state index is 12.3. The van der Waals surface area contributed by atoms with E-state index in [2.05, 4.69) is 15.9 Å². The minimum absolute atomic E-state index is 0.0535. The van der Waals surface area contributed by atoms with E-state index < -0.39 is 0 Å². The van der Waals surface area contributed by atoms with Gasteiger partial charge in [0.05, 0.1) is 5.69 Å². The number of carbonyl (C=O) groups is 1. The fraction of sp³-hybridized carbons (Fsp3) is 0.500. The topological polar surface area (TPSA) is 49.6 Å². The molecule has 1 atom stereocenters. The van der Waals surface area contributed by atoms with Gasteiger partial charge in [-0.3, -0.25) is 4.90 Å². The summed E-state index contributed by atoms with van der Waals surface area (Å²) in [5, 5.41) is 0. The summed E-state index contributed by atoms with van der Waals surface area (Å²) in [5.74, 6) is 0.431. The Balaban J connectivity index is 2.27. The van der Waals surface area contributed by atoms with Crippen LogP contribution in [0.15, 0.2) is 22.7 Å². The number of benzene rings is 1. The first-order chi connectivity index (χ1) is 9.02. The molecular weight excluding hydrogens is 306 g/mol. The van der Waals surface area contributed by atoms with E-state index in [0.29, 0.717) is 12.5 Å². The molecule has 1 heterocycles. The summed E-state index contributed by atoms with van der Waals surface area (Å²) in [5.41, 5.74) is 7.75. The monoisotopic (exact) mass is 325 g/mol. The highest BCUT2D eigenvalue weighted by atomic mass is 79.9. The summed E-state index contributed by atoms with van der Waals surface area (Å²) >= 11 is 3.55. The fourth-order valence-electron chi connectivity index (χ4n) is 2.52. The van der Waals surface area contributed by atoms with Crippen LogP contribution in [0.25, 0.3) is 0 Å². The Morgan fingerprint density at radius 3 is 2.79 bits per heavy atom. The molecule has 0 aliphatic carbocycles. The highest BCUT2D eigenvalue weighted by molar-refractivity contribution is 9.10. The number of halogens is 1. The molecule has 1 fully saturated rings. The number of aryl methyl sites for hydroxylation is 1. The number of nitrogens with zero attached hydrogens (tertiary/aromatic N) is 2. The Labute approximate surface area is 122 Å². The summed E-state index contributed by atoms with van der Waals surface area (Å²) < 4.78 is 0.961. The maximum atomic E-state index is 12.3. The molecule has 2 rings (SSSR count). The number of hydrogen-bond donors (Lipinski definition) is 1. The van der Waals surface area contributed by atoms with Crippen molar-refractivity contribution in [1.29, 1.82) is 0 Å². The van der Waals surface area contributed by atoms with E-state index in [-0.39, 0.29) is 6.03 Å². The molecule has 0 spiro atoms. The molecule has 1 aromatic rings. The lowest BCUT2D eigenvalue weighted by Gasteiger charge is -2.38. The van der Waals surface area contributed by atoms with Crippen molar-refractivity contribution >= 4 is 27.6 Å². The molecule has 0 saturated carbocycles. The first kappa shape index (κ1) is 14.3. The van der Waals surface area contributed by atoms with Crippen molar-refractivity contribution in [2.24, 2.45) is 11.7 Å². The molecule has 19 heavy (non-hydrogen) atoms. The van der Waals surface area contributed by atoms with Gasteiger partial charge in [0.15, 0.2) is 0 Å². The number of carbonyl (C=O) groups excluding carboxylic acids is 1. The maximum Gasteiger partial charge on any atom is 0.324 e. The highest BCUT2D eigenvalue weighted by Gasteiger charge is 2.30. The minimum Gasteiger partial charge on any atom is -0.330 e.